The zero-order chi connectivity index (χ0) is 56.0. The van der Waals surface area contributed by atoms with E-state index in [1.807, 2.05) is 91.9 Å². The summed E-state index contributed by atoms with van der Waals surface area (Å²) in [5.74, 6) is 0.963. The molecule has 0 unspecified atom stereocenters. The number of hydrogen-bond donors (Lipinski definition) is 1. The van der Waals surface area contributed by atoms with Gasteiger partial charge in [0.05, 0.1) is 48.6 Å². The van der Waals surface area contributed by atoms with Gasteiger partial charge in [-0.25, -0.2) is 29.1 Å². The third-order valence-corrected chi connectivity index (χ3v) is 15.5. The molecule has 0 fully saturated rings. The van der Waals surface area contributed by atoms with Crippen LogP contribution in [0, 0.1) is 24.1 Å². The number of carboxylic acids is 1. The summed E-state index contributed by atoms with van der Waals surface area (Å²) in [4.78, 5) is 33.1. The molecule has 5 heterocycles. The lowest BCUT2D eigenvalue weighted by atomic mass is 9.80. The number of hydrogen-bond acceptors (Lipinski definition) is 14. The van der Waals surface area contributed by atoms with Gasteiger partial charge in [-0.3, -0.25) is 0 Å². The van der Waals surface area contributed by atoms with Crippen molar-refractivity contribution in [3.05, 3.63) is 226 Å². The highest BCUT2D eigenvalue weighted by Gasteiger charge is 2.39. The zero-order valence-corrected chi connectivity index (χ0v) is 45.4. The van der Waals surface area contributed by atoms with Crippen LogP contribution in [-0.2, 0) is 28.2 Å². The molecule has 10 aromatic rings. The van der Waals surface area contributed by atoms with E-state index in [1.54, 1.807) is 87.1 Å². The molecule has 3 aromatic heterocycles. The molecular weight excluding hydrogens is 1070 g/mol. The van der Waals surface area contributed by atoms with Crippen molar-refractivity contribution in [1.29, 1.82) is 5.26 Å². The third-order valence-electron chi connectivity index (χ3n) is 13.9. The molecule has 4 bridgehead atoms. The Morgan fingerprint density at radius 3 is 2.22 bits per heavy atom. The first-order valence-corrected chi connectivity index (χ1v) is 26.8. The van der Waals surface area contributed by atoms with Crippen molar-refractivity contribution >= 4 is 39.1 Å². The van der Waals surface area contributed by atoms with Gasteiger partial charge in [0.15, 0.2) is 11.9 Å². The molecule has 2 aliphatic rings. The highest BCUT2D eigenvalue weighted by Crippen LogP contribution is 2.50. The van der Waals surface area contributed by atoms with E-state index in [2.05, 4.69) is 21.0 Å². The summed E-state index contributed by atoms with van der Waals surface area (Å²) < 4.78 is 59.8. The number of carbonyl (C=O) groups is 1. The number of carboxylic acid groups (broad SMARTS) is 1. The van der Waals surface area contributed by atoms with E-state index in [0.29, 0.717) is 94.3 Å². The maximum absolute atomic E-state index is 14.5. The Morgan fingerprint density at radius 1 is 0.815 bits per heavy atom. The van der Waals surface area contributed by atoms with Crippen LogP contribution in [0.1, 0.15) is 39.1 Å². The van der Waals surface area contributed by atoms with E-state index >= 15 is 0 Å². The molecule has 0 aliphatic carbocycles. The predicted molar refractivity (Wildman–Crippen MR) is 305 cm³/mol. The van der Waals surface area contributed by atoms with E-state index in [4.69, 9.17) is 49.7 Å². The van der Waals surface area contributed by atoms with Gasteiger partial charge in [0.2, 0.25) is 12.0 Å². The van der Waals surface area contributed by atoms with Gasteiger partial charge in [-0.05, 0) is 119 Å². The monoisotopic (exact) mass is 1120 g/mol. The molecule has 2 aliphatic heterocycles. The average molecular weight is 1120 g/mol. The second kappa shape index (κ2) is 23.5. The molecule has 1 N–H and O–H groups in total. The fourth-order valence-corrected chi connectivity index (χ4v) is 11.2. The Morgan fingerprint density at radius 2 is 1.52 bits per heavy atom. The van der Waals surface area contributed by atoms with Gasteiger partial charge in [0.1, 0.15) is 64.5 Å². The van der Waals surface area contributed by atoms with Gasteiger partial charge in [-0.2, -0.15) is 5.26 Å². The summed E-state index contributed by atoms with van der Waals surface area (Å²) >= 11 is 8.77. The lowest BCUT2D eigenvalue weighted by Crippen LogP contribution is -2.39. The topological polar surface area (TPSA) is 177 Å². The molecule has 0 spiro atoms. The fraction of sp³-hybridized carbons (Fsp3) is 0.156. The Labute approximate surface area is 474 Å². The molecule has 0 saturated heterocycles. The summed E-state index contributed by atoms with van der Waals surface area (Å²) in [5.41, 5.74) is 5.60. The molecule has 0 amide bonds. The summed E-state index contributed by atoms with van der Waals surface area (Å²) in [6.45, 7) is 1.64. The van der Waals surface area contributed by atoms with Crippen molar-refractivity contribution < 1.29 is 47.4 Å². The number of aliphatic carboxylic acids is 1. The number of methoxy groups -OCH3 is 2. The lowest BCUT2D eigenvalue weighted by Gasteiger charge is -2.37. The summed E-state index contributed by atoms with van der Waals surface area (Å²) in [5, 5.41) is 21.5. The number of aromatic nitrogens is 4. The van der Waals surface area contributed by atoms with Crippen LogP contribution in [0.4, 0.5) is 4.39 Å². The fourth-order valence-electron chi connectivity index (χ4n) is 9.85. The lowest BCUT2D eigenvalue weighted by molar-refractivity contribution is -0.145. The number of fused-ring (bicyclic) bond motifs is 7. The number of ether oxygens (including phenoxy) is 7. The van der Waals surface area contributed by atoms with E-state index < -0.39 is 29.6 Å². The first-order valence-electron chi connectivity index (χ1n) is 25.6. The van der Waals surface area contributed by atoms with Crippen molar-refractivity contribution in [2.75, 3.05) is 27.4 Å². The number of rotatable bonds is 14. The SMILES string of the molecule is COc1ccc(C(OC[C@@H]2COc3ccc(OCc4ccnc(-c5ccccc5C#N)n4)c(c3)C[C@H](C(=O)O)Oc3ncnc4sc(-c5ccc(F)cc5)c(c34)-c3ccc(c(Cl)c3C)O2)(c2ccccc2)c2ccc(OC)cc2)cc1. The van der Waals surface area contributed by atoms with Crippen LogP contribution in [0.2, 0.25) is 5.02 Å². The maximum atomic E-state index is 14.5. The average Bonchev–Trinajstić information content (AvgIpc) is 3.95. The van der Waals surface area contributed by atoms with Crippen LogP contribution in [0.25, 0.3) is 43.2 Å². The van der Waals surface area contributed by atoms with Gasteiger partial charge in [0.25, 0.3) is 0 Å². The minimum absolute atomic E-state index is 0.000970. The van der Waals surface area contributed by atoms with Gasteiger partial charge >= 0.3 is 5.97 Å². The summed E-state index contributed by atoms with van der Waals surface area (Å²) in [6.07, 6.45) is 0.269. The minimum Gasteiger partial charge on any atom is -0.497 e. The smallest absolute Gasteiger partial charge is 0.345 e. The predicted octanol–water partition coefficient (Wildman–Crippen LogP) is 13.3. The van der Waals surface area contributed by atoms with Gasteiger partial charge in [-0.1, -0.05) is 96.5 Å². The molecule has 14 nitrogen and oxygen atoms in total. The van der Waals surface area contributed by atoms with Crippen LogP contribution >= 0.6 is 22.9 Å². The number of thiophene rings is 1. The van der Waals surface area contributed by atoms with Gasteiger partial charge in [-0.15, -0.1) is 11.3 Å². The van der Waals surface area contributed by atoms with E-state index in [1.165, 1.54) is 29.8 Å². The third kappa shape index (κ3) is 11.0. The molecule has 12 rings (SSSR count). The second-order valence-corrected chi connectivity index (χ2v) is 20.2. The van der Waals surface area contributed by atoms with Gasteiger partial charge < -0.3 is 38.3 Å². The largest absolute Gasteiger partial charge is 0.497 e. The van der Waals surface area contributed by atoms with E-state index in [9.17, 15) is 19.6 Å². The van der Waals surface area contributed by atoms with Crippen LogP contribution in [0.3, 0.4) is 0 Å². The van der Waals surface area contributed by atoms with Crippen molar-refractivity contribution in [2.24, 2.45) is 0 Å². The number of nitriles is 1. The van der Waals surface area contributed by atoms with Crippen molar-refractivity contribution in [3.63, 3.8) is 0 Å². The Kier molecular flexibility index (Phi) is 15.6. The highest BCUT2D eigenvalue weighted by atomic mass is 35.5. The first-order chi connectivity index (χ1) is 39.5. The molecular formula is C64H49ClFN5O9S. The van der Waals surface area contributed by atoms with Crippen LogP contribution in [0.5, 0.6) is 34.6 Å². The Balaban J connectivity index is 1.04. The zero-order valence-electron chi connectivity index (χ0n) is 43.8. The molecule has 0 saturated carbocycles. The van der Waals surface area contributed by atoms with Crippen LogP contribution < -0.4 is 28.4 Å². The Bertz CT molecular complexity index is 3910. The van der Waals surface area contributed by atoms with Crippen LogP contribution in [0.15, 0.2) is 176 Å². The van der Waals surface area contributed by atoms with E-state index in [-0.39, 0.29) is 37.1 Å². The molecule has 17 heteroatoms. The standard InChI is InChI=1S/C64H49ClFN5O9S/c1-38-51-26-28-54(58(38)65)79-50(36-78-64(42-10-5-4-6-11-42,43-15-21-47(74-2)22-16-43)44-17-23-48(75-3)24-18-44)35-76-49-25-27-53(77-34-46-29-30-68-60(71-46)52-12-8-7-9-40(52)33-67)41(31-49)32-55(63(72)73)80-61-57-56(51)59(81-62(57)70-37-69-61)39-13-19-45(66)20-14-39/h4-31,37,50,55H,32,34-36H2,1-3H3,(H,72,73)/t50-,55+/m0/s1. The minimum atomic E-state index is -1.54. The quantitative estimate of drug-likeness (QED) is 0.102. The number of halogens is 2. The maximum Gasteiger partial charge on any atom is 0.345 e. The molecule has 2 atom stereocenters. The van der Waals surface area contributed by atoms with Crippen LogP contribution in [-0.4, -0.2) is 70.7 Å². The number of benzene rings is 7. The molecule has 404 valence electrons. The van der Waals surface area contributed by atoms with Crippen molar-refractivity contribution in [1.82, 2.24) is 19.9 Å². The summed E-state index contributed by atoms with van der Waals surface area (Å²) in [6, 6.07) is 51.0. The normalized spacial score (nSPS) is 14.2. The molecule has 81 heavy (non-hydrogen) atoms. The second-order valence-electron chi connectivity index (χ2n) is 18.8. The highest BCUT2D eigenvalue weighted by molar-refractivity contribution is 7.22. The van der Waals surface area contributed by atoms with Crippen molar-refractivity contribution in [3.8, 4) is 73.7 Å². The van der Waals surface area contributed by atoms with E-state index in [0.717, 1.165) is 16.7 Å². The van der Waals surface area contributed by atoms with Gasteiger partial charge in [0, 0.05) is 34.2 Å². The molecule has 0 radical (unpaired) electrons. The van der Waals surface area contributed by atoms with Crippen molar-refractivity contribution in [2.45, 2.75) is 37.8 Å². The number of nitrogens with zero attached hydrogens (tertiary/aromatic N) is 5. The molecule has 7 aromatic carbocycles. The first kappa shape index (κ1) is 53.6. The Hall–Kier alpha value is -9.40. The summed E-state index contributed by atoms with van der Waals surface area (Å²) in [7, 11) is 3.23.